The van der Waals surface area contributed by atoms with Crippen LogP contribution in [0.1, 0.15) is 6.42 Å². The van der Waals surface area contributed by atoms with E-state index in [1.165, 1.54) is 0 Å². The Kier molecular flexibility index (Phi) is 1.49. The van der Waals surface area contributed by atoms with E-state index in [0.717, 1.165) is 0 Å². The first-order valence-corrected chi connectivity index (χ1v) is 3.70. The number of carbonyl (C=O) groups excluding carboxylic acids is 1. The van der Waals surface area contributed by atoms with Gasteiger partial charge in [-0.15, -0.1) is 0 Å². The molecule has 0 amide bonds. The summed E-state index contributed by atoms with van der Waals surface area (Å²) < 4.78 is 5.05. The van der Waals surface area contributed by atoms with Crippen LogP contribution in [0, 0.1) is 5.92 Å². The maximum atomic E-state index is 10.9. The Morgan fingerprint density at radius 1 is 1.45 bits per heavy atom. The van der Waals surface area contributed by atoms with Gasteiger partial charge in [0.1, 0.15) is 6.10 Å². The van der Waals surface area contributed by atoms with E-state index in [0.29, 0.717) is 0 Å². The van der Waals surface area contributed by atoms with Crippen LogP contribution in [0.3, 0.4) is 0 Å². The van der Waals surface area contributed by atoms with Crippen LogP contribution in [0.2, 0.25) is 0 Å². The van der Waals surface area contributed by atoms with Gasteiger partial charge in [-0.1, -0.05) is 0 Å². The van der Waals surface area contributed by atoms with Crippen molar-refractivity contribution in [1.29, 1.82) is 0 Å². The molecule has 0 radical (unpaired) electrons. The molecule has 0 unspecified atom stereocenters. The number of fused-ring (bicyclic) bond motifs is 1. The number of hydrogen-bond acceptors (Lipinski definition) is 4. The molecule has 0 aromatic carbocycles. The third-order valence-corrected chi connectivity index (χ3v) is 2.45. The molecule has 0 spiro atoms. The van der Waals surface area contributed by atoms with E-state index in [1.54, 1.807) is 0 Å². The first-order valence-electron chi connectivity index (χ1n) is 3.70. The normalized spacial score (nSPS) is 49.8. The fraction of sp³-hybridized carbons (Fsp3) is 0.857. The van der Waals surface area contributed by atoms with Gasteiger partial charge in [-0.3, -0.25) is 4.79 Å². The number of ether oxygens (including phenoxy) is 1. The van der Waals surface area contributed by atoms with Crippen LogP contribution in [0.5, 0.6) is 0 Å². The first-order chi connectivity index (χ1) is 5.20. The summed E-state index contributed by atoms with van der Waals surface area (Å²) in [6, 6.07) is 0. The predicted molar refractivity (Wildman–Crippen MR) is 34.9 cm³/mol. The van der Waals surface area contributed by atoms with Gasteiger partial charge < -0.3 is 14.9 Å². The minimum atomic E-state index is -1.00. The van der Waals surface area contributed by atoms with E-state index >= 15 is 0 Å². The summed E-state index contributed by atoms with van der Waals surface area (Å²) in [4.78, 5) is 10.9. The maximum absolute atomic E-state index is 10.9. The number of ketones is 1. The molecule has 4 heteroatoms. The molecule has 1 saturated carbocycles. The summed E-state index contributed by atoms with van der Waals surface area (Å²) in [5.41, 5.74) is 0. The van der Waals surface area contributed by atoms with Gasteiger partial charge in [0.05, 0.1) is 18.8 Å². The number of aliphatic hydroxyl groups is 2. The molecule has 0 bridgehead atoms. The number of Topliss-reactive ketones (excluding diaryl/α,β-unsaturated/α-hetero) is 1. The Bertz CT molecular complexity index is 191. The molecule has 1 heterocycles. The Morgan fingerprint density at radius 2 is 2.18 bits per heavy atom. The standard InChI is InChI=1S/C7H10O4/c8-4-1-3-5(9)2-11-7(3)6(4)10/h3,5-7,9-10H,1-2H2/t3-,5+,6-,7+/m1/s1. The molecule has 4 nitrogen and oxygen atoms in total. The van der Waals surface area contributed by atoms with Crippen LogP contribution in [0.4, 0.5) is 0 Å². The van der Waals surface area contributed by atoms with E-state index in [-0.39, 0.29) is 24.7 Å². The van der Waals surface area contributed by atoms with Crippen molar-refractivity contribution >= 4 is 5.78 Å². The second kappa shape index (κ2) is 2.27. The van der Waals surface area contributed by atoms with Crippen molar-refractivity contribution < 1.29 is 19.7 Å². The fourth-order valence-corrected chi connectivity index (χ4v) is 1.79. The molecular formula is C7H10O4. The average molecular weight is 158 g/mol. The highest BCUT2D eigenvalue weighted by atomic mass is 16.5. The van der Waals surface area contributed by atoms with Gasteiger partial charge in [-0.05, 0) is 0 Å². The largest absolute Gasteiger partial charge is 0.390 e. The second-order valence-electron chi connectivity index (χ2n) is 3.14. The van der Waals surface area contributed by atoms with Gasteiger partial charge in [-0.2, -0.15) is 0 Å². The molecule has 4 atom stereocenters. The van der Waals surface area contributed by atoms with E-state index in [4.69, 9.17) is 4.74 Å². The lowest BCUT2D eigenvalue weighted by atomic mass is 10.0. The van der Waals surface area contributed by atoms with Crippen molar-refractivity contribution in [1.82, 2.24) is 0 Å². The highest BCUT2D eigenvalue weighted by molar-refractivity contribution is 5.86. The van der Waals surface area contributed by atoms with Gasteiger partial charge in [-0.25, -0.2) is 0 Å². The molecular weight excluding hydrogens is 148 g/mol. The lowest BCUT2D eigenvalue weighted by molar-refractivity contribution is -0.128. The molecule has 2 rings (SSSR count). The summed E-state index contributed by atoms with van der Waals surface area (Å²) >= 11 is 0. The molecule has 1 aliphatic carbocycles. The van der Waals surface area contributed by atoms with Crippen molar-refractivity contribution in [3.05, 3.63) is 0 Å². The summed E-state index contributed by atoms with van der Waals surface area (Å²) in [5.74, 6) is -0.378. The molecule has 0 aromatic rings. The van der Waals surface area contributed by atoms with Crippen LogP contribution >= 0.6 is 0 Å². The SMILES string of the molecule is O=C1C[C@H]2[C@H](OC[C@@H]2O)[C@@H]1O. The van der Waals surface area contributed by atoms with Gasteiger partial charge in [0, 0.05) is 12.3 Å². The summed E-state index contributed by atoms with van der Waals surface area (Å²) in [5, 5.41) is 18.4. The zero-order valence-corrected chi connectivity index (χ0v) is 5.93. The topological polar surface area (TPSA) is 66.8 Å². The minimum Gasteiger partial charge on any atom is -0.390 e. The molecule has 0 aromatic heterocycles. The molecule has 2 aliphatic rings. The van der Waals surface area contributed by atoms with Crippen molar-refractivity contribution in [2.75, 3.05) is 6.61 Å². The van der Waals surface area contributed by atoms with E-state index in [2.05, 4.69) is 0 Å². The molecule has 62 valence electrons. The van der Waals surface area contributed by atoms with E-state index in [9.17, 15) is 15.0 Å². The number of aliphatic hydroxyl groups excluding tert-OH is 2. The molecule has 2 N–H and O–H groups in total. The van der Waals surface area contributed by atoms with Crippen molar-refractivity contribution in [2.45, 2.75) is 24.7 Å². The second-order valence-corrected chi connectivity index (χ2v) is 3.14. The smallest absolute Gasteiger partial charge is 0.164 e. The molecule has 1 aliphatic heterocycles. The van der Waals surface area contributed by atoms with Crippen LogP contribution < -0.4 is 0 Å². The van der Waals surface area contributed by atoms with Gasteiger partial charge >= 0.3 is 0 Å². The molecule has 2 fully saturated rings. The predicted octanol–water partition coefficient (Wildman–Crippen LogP) is -1.30. The van der Waals surface area contributed by atoms with Crippen molar-refractivity contribution in [2.24, 2.45) is 5.92 Å². The van der Waals surface area contributed by atoms with Gasteiger partial charge in [0.15, 0.2) is 5.78 Å². The monoisotopic (exact) mass is 158 g/mol. The van der Waals surface area contributed by atoms with Crippen LogP contribution in [0.25, 0.3) is 0 Å². The Morgan fingerprint density at radius 3 is 2.82 bits per heavy atom. The highest BCUT2D eigenvalue weighted by Gasteiger charge is 2.49. The highest BCUT2D eigenvalue weighted by Crippen LogP contribution is 2.33. The Labute approximate surface area is 63.8 Å². The van der Waals surface area contributed by atoms with Crippen LogP contribution in [-0.4, -0.2) is 40.9 Å². The van der Waals surface area contributed by atoms with Gasteiger partial charge in [0.2, 0.25) is 0 Å². The molecule has 11 heavy (non-hydrogen) atoms. The summed E-state index contributed by atoms with van der Waals surface area (Å²) in [7, 11) is 0. The summed E-state index contributed by atoms with van der Waals surface area (Å²) in [6.07, 6.45) is -1.76. The number of rotatable bonds is 0. The van der Waals surface area contributed by atoms with E-state index in [1.807, 2.05) is 0 Å². The van der Waals surface area contributed by atoms with Crippen molar-refractivity contribution in [3.63, 3.8) is 0 Å². The van der Waals surface area contributed by atoms with Crippen LogP contribution in [-0.2, 0) is 9.53 Å². The first kappa shape index (κ1) is 7.21. The van der Waals surface area contributed by atoms with Crippen LogP contribution in [0.15, 0.2) is 0 Å². The third-order valence-electron chi connectivity index (χ3n) is 2.45. The Hall–Kier alpha value is -0.450. The molecule has 1 saturated heterocycles. The Balaban J connectivity index is 2.18. The third kappa shape index (κ3) is 0.903. The van der Waals surface area contributed by atoms with E-state index < -0.39 is 18.3 Å². The lowest BCUT2D eigenvalue weighted by Gasteiger charge is -2.10. The van der Waals surface area contributed by atoms with Gasteiger partial charge in [0.25, 0.3) is 0 Å². The zero-order chi connectivity index (χ0) is 8.01. The quantitative estimate of drug-likeness (QED) is 0.459. The number of carbonyl (C=O) groups is 1. The lowest BCUT2D eigenvalue weighted by Crippen LogP contribution is -2.27. The minimum absolute atomic E-state index is 0.169. The summed E-state index contributed by atoms with van der Waals surface area (Å²) in [6.45, 7) is 0.250. The zero-order valence-electron chi connectivity index (χ0n) is 5.93. The average Bonchev–Trinajstić information content (AvgIpc) is 2.43. The maximum Gasteiger partial charge on any atom is 0.164 e. The number of hydrogen-bond donors (Lipinski definition) is 2. The fourth-order valence-electron chi connectivity index (χ4n) is 1.79. The van der Waals surface area contributed by atoms with Crippen molar-refractivity contribution in [3.8, 4) is 0 Å².